The Morgan fingerprint density at radius 3 is 2.42 bits per heavy atom. The van der Waals surface area contributed by atoms with E-state index in [1.165, 1.54) is 30.3 Å². The second-order valence-electron chi connectivity index (χ2n) is 5.31. The smallest absolute Gasteiger partial charge is 0.261 e. The number of benzene rings is 2. The molecule has 0 aliphatic carbocycles. The molecule has 10 heteroatoms. The molecular formula is C16H13N3O4S3. The predicted molar refractivity (Wildman–Crippen MR) is 99.3 cm³/mol. The van der Waals surface area contributed by atoms with Crippen LogP contribution in [0, 0.1) is 11.3 Å². The van der Waals surface area contributed by atoms with Gasteiger partial charge in [0.15, 0.2) is 0 Å². The fourth-order valence-electron chi connectivity index (χ4n) is 2.15. The summed E-state index contributed by atoms with van der Waals surface area (Å²) in [6.45, 7) is 1.54. The normalized spacial score (nSPS) is 12.0. The van der Waals surface area contributed by atoms with Crippen molar-refractivity contribution < 1.29 is 16.8 Å². The average molecular weight is 407 g/mol. The van der Waals surface area contributed by atoms with Crippen molar-refractivity contribution in [1.29, 1.82) is 5.26 Å². The summed E-state index contributed by atoms with van der Waals surface area (Å²) < 4.78 is 51.8. The molecule has 0 amide bonds. The van der Waals surface area contributed by atoms with Crippen molar-refractivity contribution in [2.75, 3.05) is 10.5 Å². The Hall–Kier alpha value is -2.48. The van der Waals surface area contributed by atoms with Crippen LogP contribution >= 0.6 is 11.3 Å². The summed E-state index contributed by atoms with van der Waals surface area (Å²) in [5, 5.41) is 8.78. The van der Waals surface area contributed by atoms with Gasteiger partial charge in [-0.2, -0.15) is 5.26 Å². The van der Waals surface area contributed by atoms with Gasteiger partial charge in [-0.1, -0.05) is 6.92 Å². The van der Waals surface area contributed by atoms with E-state index in [4.69, 9.17) is 5.26 Å². The van der Waals surface area contributed by atoms with Gasteiger partial charge in [0.25, 0.3) is 10.0 Å². The third kappa shape index (κ3) is 3.55. The van der Waals surface area contributed by atoms with E-state index in [2.05, 4.69) is 9.71 Å². The predicted octanol–water partition coefficient (Wildman–Crippen LogP) is 2.76. The van der Waals surface area contributed by atoms with Crippen LogP contribution in [-0.4, -0.2) is 27.6 Å². The standard InChI is InChI=1S/C16H13N3O4S3/c1-2-25(20,21)16-18-14-8-5-12(9-15(14)24-16)19-26(22,23)13-6-3-11(10-17)4-7-13/h3-9,19H,2H2,1H3. The van der Waals surface area contributed by atoms with Crippen molar-refractivity contribution in [3.63, 3.8) is 0 Å². The third-order valence-corrected chi connectivity index (χ3v) is 8.17. The van der Waals surface area contributed by atoms with Crippen LogP contribution < -0.4 is 4.72 Å². The van der Waals surface area contributed by atoms with Crippen molar-refractivity contribution in [3.05, 3.63) is 48.0 Å². The zero-order chi connectivity index (χ0) is 18.9. The van der Waals surface area contributed by atoms with Crippen molar-refractivity contribution in [2.24, 2.45) is 0 Å². The lowest BCUT2D eigenvalue weighted by molar-refractivity contribution is 0.596. The fraction of sp³-hybridized carbons (Fsp3) is 0.125. The number of fused-ring (bicyclic) bond motifs is 1. The van der Waals surface area contributed by atoms with Crippen LogP contribution in [0.15, 0.2) is 51.7 Å². The first-order valence-electron chi connectivity index (χ1n) is 7.41. The molecule has 0 atom stereocenters. The Labute approximate surface area is 154 Å². The zero-order valence-electron chi connectivity index (χ0n) is 13.5. The highest BCUT2D eigenvalue weighted by molar-refractivity contribution is 7.93. The number of rotatable bonds is 5. The molecule has 3 rings (SSSR count). The molecule has 0 aliphatic rings. The van der Waals surface area contributed by atoms with Crippen LogP contribution in [-0.2, 0) is 19.9 Å². The maximum atomic E-state index is 12.4. The molecule has 0 fully saturated rings. The number of nitrogens with one attached hydrogen (secondary N) is 1. The maximum Gasteiger partial charge on any atom is 0.261 e. The van der Waals surface area contributed by atoms with E-state index >= 15 is 0 Å². The zero-order valence-corrected chi connectivity index (χ0v) is 16.0. The molecule has 0 saturated heterocycles. The lowest BCUT2D eigenvalue weighted by atomic mass is 10.2. The van der Waals surface area contributed by atoms with Gasteiger partial charge in [0.05, 0.1) is 38.2 Å². The molecule has 2 aromatic carbocycles. The highest BCUT2D eigenvalue weighted by Gasteiger charge is 2.19. The van der Waals surface area contributed by atoms with Gasteiger partial charge in [-0.3, -0.25) is 4.72 Å². The monoisotopic (exact) mass is 407 g/mol. The number of thiazole rings is 1. The Morgan fingerprint density at radius 2 is 1.81 bits per heavy atom. The lowest BCUT2D eigenvalue weighted by Gasteiger charge is -2.08. The topological polar surface area (TPSA) is 117 Å². The molecule has 0 bridgehead atoms. The van der Waals surface area contributed by atoms with Crippen LogP contribution in [0.3, 0.4) is 0 Å². The minimum absolute atomic E-state index is 0.0158. The highest BCUT2D eigenvalue weighted by Crippen LogP contribution is 2.29. The average Bonchev–Trinajstić information content (AvgIpc) is 3.05. The first-order chi connectivity index (χ1) is 12.2. The second kappa shape index (κ2) is 6.68. The van der Waals surface area contributed by atoms with Crippen molar-refractivity contribution in [1.82, 2.24) is 4.98 Å². The molecule has 0 spiro atoms. The first kappa shape index (κ1) is 18.3. The molecular weight excluding hydrogens is 394 g/mol. The summed E-state index contributed by atoms with van der Waals surface area (Å²) in [7, 11) is -7.24. The molecule has 26 heavy (non-hydrogen) atoms. The van der Waals surface area contributed by atoms with Crippen LogP contribution in [0.1, 0.15) is 12.5 Å². The van der Waals surface area contributed by atoms with Crippen LogP contribution in [0.5, 0.6) is 0 Å². The second-order valence-corrected chi connectivity index (χ2v) is 10.5. The minimum atomic E-state index is -3.83. The molecule has 134 valence electrons. The van der Waals surface area contributed by atoms with Crippen LogP contribution in [0.25, 0.3) is 10.2 Å². The van der Waals surface area contributed by atoms with E-state index in [0.29, 0.717) is 21.5 Å². The molecule has 0 unspecified atom stereocenters. The summed E-state index contributed by atoms with van der Waals surface area (Å²) >= 11 is 1.000. The molecule has 0 radical (unpaired) electrons. The number of sulfone groups is 1. The quantitative estimate of drug-likeness (QED) is 0.695. The highest BCUT2D eigenvalue weighted by atomic mass is 32.2. The SMILES string of the molecule is CCS(=O)(=O)c1nc2ccc(NS(=O)(=O)c3ccc(C#N)cc3)cc2s1. The lowest BCUT2D eigenvalue weighted by Crippen LogP contribution is -2.12. The molecule has 3 aromatic rings. The van der Waals surface area contributed by atoms with Crippen LogP contribution in [0.2, 0.25) is 0 Å². The summed E-state index contributed by atoms with van der Waals surface area (Å²) in [5.41, 5.74) is 1.15. The Bertz CT molecular complexity index is 1220. The van der Waals surface area contributed by atoms with E-state index in [9.17, 15) is 16.8 Å². The number of nitriles is 1. The van der Waals surface area contributed by atoms with Gasteiger partial charge in [0.1, 0.15) is 0 Å². The van der Waals surface area contributed by atoms with E-state index in [1.807, 2.05) is 6.07 Å². The Morgan fingerprint density at radius 1 is 1.12 bits per heavy atom. The van der Waals surface area contributed by atoms with Gasteiger partial charge < -0.3 is 0 Å². The third-order valence-electron chi connectivity index (χ3n) is 3.56. The Balaban J connectivity index is 1.94. The largest absolute Gasteiger partial charge is 0.280 e. The Kier molecular flexibility index (Phi) is 4.70. The maximum absolute atomic E-state index is 12.4. The first-order valence-corrected chi connectivity index (χ1v) is 11.4. The van der Waals surface area contributed by atoms with E-state index in [0.717, 1.165) is 11.3 Å². The molecule has 1 N–H and O–H groups in total. The van der Waals surface area contributed by atoms with E-state index < -0.39 is 19.9 Å². The number of anilines is 1. The number of hydrogen-bond acceptors (Lipinski definition) is 7. The summed E-state index contributed by atoms with van der Waals surface area (Å²) in [4.78, 5) is 4.12. The molecule has 1 aromatic heterocycles. The number of aromatic nitrogens is 1. The van der Waals surface area contributed by atoms with Gasteiger partial charge in [-0.25, -0.2) is 21.8 Å². The van der Waals surface area contributed by atoms with Gasteiger partial charge >= 0.3 is 0 Å². The molecule has 0 aliphatic heterocycles. The van der Waals surface area contributed by atoms with Crippen molar-refractivity contribution >= 4 is 47.1 Å². The van der Waals surface area contributed by atoms with Gasteiger partial charge in [-0.05, 0) is 42.5 Å². The number of sulfonamides is 1. The fourth-order valence-corrected chi connectivity index (χ4v) is 5.55. The van der Waals surface area contributed by atoms with E-state index in [-0.39, 0.29) is 15.0 Å². The summed E-state index contributed by atoms with van der Waals surface area (Å²) in [5.74, 6) is -0.0506. The van der Waals surface area contributed by atoms with Crippen molar-refractivity contribution in [2.45, 2.75) is 16.2 Å². The molecule has 0 saturated carbocycles. The number of hydrogen-bond donors (Lipinski definition) is 1. The van der Waals surface area contributed by atoms with Crippen molar-refractivity contribution in [3.8, 4) is 6.07 Å². The number of nitrogens with zero attached hydrogens (tertiary/aromatic N) is 2. The summed E-state index contributed by atoms with van der Waals surface area (Å²) in [6.07, 6.45) is 0. The van der Waals surface area contributed by atoms with Gasteiger partial charge in [0.2, 0.25) is 14.2 Å². The van der Waals surface area contributed by atoms with Gasteiger partial charge in [-0.15, -0.1) is 11.3 Å². The molecule has 7 nitrogen and oxygen atoms in total. The molecule has 1 heterocycles. The summed E-state index contributed by atoms with van der Waals surface area (Å²) in [6, 6.07) is 12.1. The van der Waals surface area contributed by atoms with Gasteiger partial charge in [0, 0.05) is 0 Å². The van der Waals surface area contributed by atoms with Crippen LogP contribution in [0.4, 0.5) is 5.69 Å². The minimum Gasteiger partial charge on any atom is -0.280 e. The van der Waals surface area contributed by atoms with E-state index in [1.54, 1.807) is 19.1 Å².